The van der Waals surface area contributed by atoms with Crippen LogP contribution in [0.2, 0.25) is 0 Å². The van der Waals surface area contributed by atoms with Gasteiger partial charge in [-0.25, -0.2) is 0 Å². The molecule has 1 saturated carbocycles. The molecule has 3 fully saturated rings. The van der Waals surface area contributed by atoms with Gasteiger partial charge in [-0.05, 0) is 25.0 Å². The molecular formula is C18H15N5O2. The lowest BCUT2D eigenvalue weighted by Crippen LogP contribution is -2.60. The molecule has 7 nitrogen and oxygen atoms in total. The summed E-state index contributed by atoms with van der Waals surface area (Å²) in [7, 11) is 0. The van der Waals surface area contributed by atoms with Crippen molar-refractivity contribution in [3.8, 4) is 18.2 Å². The Balaban J connectivity index is 2.01. The zero-order valence-electron chi connectivity index (χ0n) is 13.4. The maximum Gasteiger partial charge on any atom is 0.217 e. The summed E-state index contributed by atoms with van der Waals surface area (Å²) >= 11 is 0. The Morgan fingerprint density at radius 1 is 1.16 bits per heavy atom. The maximum absolute atomic E-state index is 10.1. The van der Waals surface area contributed by atoms with E-state index in [4.69, 9.17) is 14.9 Å². The van der Waals surface area contributed by atoms with E-state index in [1.54, 1.807) is 24.4 Å². The third-order valence-corrected chi connectivity index (χ3v) is 5.77. The van der Waals surface area contributed by atoms with Crippen molar-refractivity contribution in [1.82, 2.24) is 4.98 Å². The van der Waals surface area contributed by atoms with E-state index in [1.165, 1.54) is 0 Å². The van der Waals surface area contributed by atoms with Gasteiger partial charge in [0.1, 0.15) is 6.10 Å². The summed E-state index contributed by atoms with van der Waals surface area (Å²) in [5.41, 5.74) is -3.15. The summed E-state index contributed by atoms with van der Waals surface area (Å²) in [6, 6.07) is 11.3. The largest absolute Gasteiger partial charge is 0.447 e. The smallest absolute Gasteiger partial charge is 0.217 e. The Kier molecular flexibility index (Phi) is 3.13. The van der Waals surface area contributed by atoms with Crippen LogP contribution in [-0.4, -0.2) is 16.7 Å². The zero-order chi connectivity index (χ0) is 17.7. The van der Waals surface area contributed by atoms with Gasteiger partial charge in [-0.2, -0.15) is 15.8 Å². The van der Waals surface area contributed by atoms with Crippen LogP contribution in [0, 0.1) is 56.2 Å². The Bertz CT molecular complexity index is 850. The number of rotatable bonds is 1. The van der Waals surface area contributed by atoms with Gasteiger partial charge in [-0.3, -0.25) is 10.4 Å². The number of hydrogen-bond acceptors (Lipinski definition) is 7. The minimum Gasteiger partial charge on any atom is -0.447 e. The van der Waals surface area contributed by atoms with E-state index in [0.29, 0.717) is 18.5 Å². The molecule has 3 heterocycles. The second kappa shape index (κ2) is 5.02. The van der Waals surface area contributed by atoms with Crippen LogP contribution in [0.25, 0.3) is 0 Å². The summed E-state index contributed by atoms with van der Waals surface area (Å²) in [6.45, 7) is 0. The van der Waals surface area contributed by atoms with Crippen LogP contribution in [0.3, 0.4) is 0 Å². The lowest BCUT2D eigenvalue weighted by Gasteiger charge is -2.51. The van der Waals surface area contributed by atoms with Crippen LogP contribution in [0.5, 0.6) is 0 Å². The monoisotopic (exact) mass is 333 g/mol. The van der Waals surface area contributed by atoms with Crippen LogP contribution in [-0.2, 0) is 9.47 Å². The summed E-state index contributed by atoms with van der Waals surface area (Å²) in [4.78, 5) is 4.25. The van der Waals surface area contributed by atoms with Crippen molar-refractivity contribution in [1.29, 1.82) is 21.2 Å². The van der Waals surface area contributed by atoms with Gasteiger partial charge < -0.3 is 9.47 Å². The topological polar surface area (TPSA) is 127 Å². The molecule has 0 radical (unpaired) electrons. The van der Waals surface area contributed by atoms with Crippen LogP contribution in [0.1, 0.15) is 37.5 Å². The first-order valence-electron chi connectivity index (χ1n) is 8.21. The van der Waals surface area contributed by atoms with Crippen LogP contribution in [0.15, 0.2) is 24.4 Å². The van der Waals surface area contributed by atoms with Crippen molar-refractivity contribution < 1.29 is 9.47 Å². The van der Waals surface area contributed by atoms with Gasteiger partial charge in [0.05, 0.1) is 29.8 Å². The van der Waals surface area contributed by atoms with E-state index < -0.39 is 28.6 Å². The molecule has 124 valence electrons. The molecule has 0 spiro atoms. The van der Waals surface area contributed by atoms with Gasteiger partial charge in [0, 0.05) is 12.6 Å². The predicted molar refractivity (Wildman–Crippen MR) is 83.3 cm³/mol. The maximum atomic E-state index is 10.1. The van der Waals surface area contributed by atoms with E-state index in [-0.39, 0.29) is 5.90 Å². The van der Waals surface area contributed by atoms with Gasteiger partial charge in [0.25, 0.3) is 0 Å². The molecule has 1 N–H and O–H groups in total. The van der Waals surface area contributed by atoms with Gasteiger partial charge in [0.15, 0.2) is 5.41 Å². The lowest BCUT2D eigenvalue weighted by molar-refractivity contribution is -0.295. The fourth-order valence-electron chi connectivity index (χ4n) is 4.66. The van der Waals surface area contributed by atoms with Crippen molar-refractivity contribution in [3.05, 3.63) is 30.1 Å². The average molecular weight is 333 g/mol. The first-order valence-corrected chi connectivity index (χ1v) is 8.21. The summed E-state index contributed by atoms with van der Waals surface area (Å²) < 4.78 is 12.0. The molecular weight excluding hydrogens is 318 g/mol. The van der Waals surface area contributed by atoms with Crippen molar-refractivity contribution in [2.24, 2.45) is 16.7 Å². The highest BCUT2D eigenvalue weighted by molar-refractivity contribution is 5.89. The minimum atomic E-state index is -1.89. The molecule has 1 aliphatic carbocycles. The number of pyridine rings is 1. The molecule has 3 aliphatic rings. The lowest BCUT2D eigenvalue weighted by atomic mass is 9.52. The predicted octanol–water partition coefficient (Wildman–Crippen LogP) is 2.59. The van der Waals surface area contributed by atoms with Crippen LogP contribution in [0.4, 0.5) is 0 Å². The van der Waals surface area contributed by atoms with Gasteiger partial charge in [-0.15, -0.1) is 0 Å². The minimum absolute atomic E-state index is 0.330. The molecule has 2 bridgehead atoms. The average Bonchev–Trinajstić information content (AvgIpc) is 2.87. The highest BCUT2D eigenvalue weighted by atomic mass is 16.7. The molecule has 0 aromatic carbocycles. The normalized spacial score (nSPS) is 37.7. The fourth-order valence-corrected chi connectivity index (χ4v) is 4.66. The third kappa shape index (κ3) is 1.60. The van der Waals surface area contributed by atoms with E-state index in [1.807, 2.05) is 12.1 Å². The molecule has 0 unspecified atom stereocenters. The van der Waals surface area contributed by atoms with Crippen molar-refractivity contribution >= 4 is 5.90 Å². The number of hydrogen-bond donors (Lipinski definition) is 1. The molecule has 25 heavy (non-hydrogen) atoms. The fraction of sp³-hybridized carbons (Fsp3) is 0.500. The second-order valence-corrected chi connectivity index (χ2v) is 6.75. The Labute approximate surface area is 144 Å². The van der Waals surface area contributed by atoms with Crippen LogP contribution < -0.4 is 0 Å². The number of nitriles is 3. The van der Waals surface area contributed by atoms with Crippen LogP contribution >= 0.6 is 0 Å². The van der Waals surface area contributed by atoms with Crippen molar-refractivity contribution in [2.75, 3.05) is 0 Å². The van der Waals surface area contributed by atoms with E-state index in [9.17, 15) is 15.8 Å². The summed E-state index contributed by atoms with van der Waals surface area (Å²) in [6.07, 6.45) is 3.29. The molecule has 2 saturated heterocycles. The molecule has 0 amide bonds. The molecule has 4 atom stereocenters. The first-order chi connectivity index (χ1) is 12.1. The van der Waals surface area contributed by atoms with E-state index >= 15 is 0 Å². The highest BCUT2D eigenvalue weighted by Gasteiger charge is 2.80. The Morgan fingerprint density at radius 2 is 1.96 bits per heavy atom. The molecule has 1 aromatic rings. The quantitative estimate of drug-likeness (QED) is 0.841. The van der Waals surface area contributed by atoms with Gasteiger partial charge in [-0.1, -0.05) is 12.5 Å². The van der Waals surface area contributed by atoms with Crippen molar-refractivity contribution in [2.45, 2.75) is 37.6 Å². The molecule has 1 aromatic heterocycles. The van der Waals surface area contributed by atoms with Gasteiger partial charge in [0.2, 0.25) is 17.1 Å². The van der Waals surface area contributed by atoms with Crippen molar-refractivity contribution in [3.63, 3.8) is 0 Å². The Hall–Kier alpha value is -2.95. The summed E-state index contributed by atoms with van der Waals surface area (Å²) in [5.74, 6) is -1.97. The molecule has 2 aliphatic heterocycles. The molecule has 4 rings (SSSR count). The number of nitrogens with one attached hydrogen (secondary N) is 1. The first kappa shape index (κ1) is 15.6. The zero-order valence-corrected chi connectivity index (χ0v) is 13.4. The number of nitrogens with zero attached hydrogens (tertiary/aromatic N) is 4. The third-order valence-electron chi connectivity index (χ3n) is 5.77. The SMILES string of the molecule is N#CC1(C#N)[C@@H](c2ccccn2)O[C@@]23CCCC[C@@H]2[C@@]1(C#N)C(=N)O3. The number of aromatic nitrogens is 1. The van der Waals surface area contributed by atoms with E-state index in [0.717, 1.165) is 12.8 Å². The Morgan fingerprint density at radius 3 is 2.60 bits per heavy atom. The second-order valence-electron chi connectivity index (χ2n) is 6.75. The standard InChI is InChI=1S/C18H15N5O2/c19-9-16(10-20)14(12-5-2-4-8-23-12)24-18-7-3-1-6-13(18)17(16,11-21)15(22)25-18/h2,4-5,8,13-14,22H,1,3,6-7H2/t13-,14-,17+,18-/m1/s1. The molecule has 7 heteroatoms. The van der Waals surface area contributed by atoms with E-state index in [2.05, 4.69) is 11.1 Å². The highest BCUT2D eigenvalue weighted by Crippen LogP contribution is 2.69. The summed E-state index contributed by atoms with van der Waals surface area (Å²) in [5, 5.41) is 38.5. The number of ether oxygens (including phenoxy) is 2. The van der Waals surface area contributed by atoms with Gasteiger partial charge >= 0.3 is 0 Å².